The SMILES string of the molecule is Nc1cccc(-n2cc(C(F)(F)F)cc(Cl)c2=O)c1. The normalized spacial score (nSPS) is 11.6. The standard InChI is InChI=1S/C12H8ClF3N2O/c13-10-4-7(12(14,15)16)6-18(11(10)19)9-3-1-2-8(17)5-9/h1-6H,17H2. The Hall–Kier alpha value is -1.95. The van der Waals surface area contributed by atoms with Crippen LogP contribution in [0.15, 0.2) is 41.3 Å². The Kier molecular flexibility index (Phi) is 3.28. The molecule has 0 aliphatic carbocycles. The highest BCUT2D eigenvalue weighted by molar-refractivity contribution is 6.30. The number of anilines is 1. The Morgan fingerprint density at radius 2 is 1.89 bits per heavy atom. The molecule has 3 nitrogen and oxygen atoms in total. The third-order valence-electron chi connectivity index (χ3n) is 2.45. The van der Waals surface area contributed by atoms with Crippen LogP contribution in [-0.4, -0.2) is 4.57 Å². The van der Waals surface area contributed by atoms with E-state index in [-0.39, 0.29) is 5.69 Å². The largest absolute Gasteiger partial charge is 0.417 e. The molecule has 0 bridgehead atoms. The van der Waals surface area contributed by atoms with Gasteiger partial charge in [0.15, 0.2) is 0 Å². The Bertz CT molecular complexity index is 679. The first-order valence-corrected chi connectivity index (χ1v) is 5.52. The van der Waals surface area contributed by atoms with Crippen molar-refractivity contribution in [3.8, 4) is 5.69 Å². The summed E-state index contributed by atoms with van der Waals surface area (Å²) < 4.78 is 38.8. The van der Waals surface area contributed by atoms with Gasteiger partial charge < -0.3 is 5.73 Å². The number of alkyl halides is 3. The van der Waals surface area contributed by atoms with E-state index in [0.29, 0.717) is 18.0 Å². The summed E-state index contributed by atoms with van der Waals surface area (Å²) in [6.07, 6.45) is -3.89. The number of benzene rings is 1. The highest BCUT2D eigenvalue weighted by atomic mass is 35.5. The Morgan fingerprint density at radius 3 is 2.47 bits per heavy atom. The first-order valence-electron chi connectivity index (χ1n) is 5.14. The van der Waals surface area contributed by atoms with Crippen molar-refractivity contribution in [2.24, 2.45) is 0 Å². The van der Waals surface area contributed by atoms with Gasteiger partial charge in [0.25, 0.3) is 5.56 Å². The van der Waals surface area contributed by atoms with Crippen molar-refractivity contribution in [2.45, 2.75) is 6.18 Å². The van der Waals surface area contributed by atoms with Crippen molar-refractivity contribution in [1.82, 2.24) is 4.57 Å². The van der Waals surface area contributed by atoms with Crippen LogP contribution in [0.1, 0.15) is 5.56 Å². The van der Waals surface area contributed by atoms with Gasteiger partial charge in [-0.25, -0.2) is 0 Å². The van der Waals surface area contributed by atoms with E-state index in [1.807, 2.05) is 0 Å². The molecule has 0 unspecified atom stereocenters. The molecule has 2 N–H and O–H groups in total. The van der Waals surface area contributed by atoms with Gasteiger partial charge in [-0.3, -0.25) is 9.36 Å². The Balaban J connectivity index is 2.70. The minimum atomic E-state index is -4.58. The fourth-order valence-electron chi connectivity index (χ4n) is 1.57. The lowest BCUT2D eigenvalue weighted by Gasteiger charge is -2.12. The van der Waals surface area contributed by atoms with Gasteiger partial charge >= 0.3 is 6.18 Å². The first-order chi connectivity index (χ1) is 8.79. The van der Waals surface area contributed by atoms with Gasteiger partial charge in [-0.1, -0.05) is 17.7 Å². The lowest BCUT2D eigenvalue weighted by molar-refractivity contribution is -0.138. The summed E-state index contributed by atoms with van der Waals surface area (Å²) in [4.78, 5) is 11.8. The summed E-state index contributed by atoms with van der Waals surface area (Å²) in [5.74, 6) is 0. The van der Waals surface area contributed by atoms with Crippen LogP contribution in [-0.2, 0) is 6.18 Å². The van der Waals surface area contributed by atoms with Crippen LogP contribution < -0.4 is 11.3 Å². The molecule has 19 heavy (non-hydrogen) atoms. The van der Waals surface area contributed by atoms with Crippen LogP contribution in [0.3, 0.4) is 0 Å². The molecule has 0 amide bonds. The van der Waals surface area contributed by atoms with Gasteiger partial charge in [-0.2, -0.15) is 13.2 Å². The fourth-order valence-corrected chi connectivity index (χ4v) is 1.78. The summed E-state index contributed by atoms with van der Waals surface area (Å²) in [5, 5.41) is -0.503. The fraction of sp³-hybridized carbons (Fsp3) is 0.0833. The van der Waals surface area contributed by atoms with Crippen molar-refractivity contribution < 1.29 is 13.2 Å². The number of nitrogens with two attached hydrogens (primary N) is 1. The Morgan fingerprint density at radius 1 is 1.21 bits per heavy atom. The van der Waals surface area contributed by atoms with Crippen LogP contribution >= 0.6 is 11.6 Å². The zero-order chi connectivity index (χ0) is 14.2. The van der Waals surface area contributed by atoms with Crippen LogP contribution in [0.2, 0.25) is 5.02 Å². The average molecular weight is 289 g/mol. The Labute approximate surface area is 111 Å². The van der Waals surface area contributed by atoms with Crippen LogP contribution in [0.4, 0.5) is 18.9 Å². The van der Waals surface area contributed by atoms with Gasteiger partial charge in [0, 0.05) is 11.9 Å². The van der Waals surface area contributed by atoms with Gasteiger partial charge in [0.05, 0.1) is 11.3 Å². The summed E-state index contributed by atoms with van der Waals surface area (Å²) in [6, 6.07) is 6.55. The average Bonchev–Trinajstić information content (AvgIpc) is 2.31. The predicted octanol–water partition coefficient (Wildman–Crippen LogP) is 3.09. The van der Waals surface area contributed by atoms with E-state index in [2.05, 4.69) is 0 Å². The molecule has 100 valence electrons. The quantitative estimate of drug-likeness (QED) is 0.820. The zero-order valence-electron chi connectivity index (χ0n) is 9.41. The molecular weight excluding hydrogens is 281 g/mol. The molecule has 1 aromatic carbocycles. The van der Waals surface area contributed by atoms with E-state index in [1.165, 1.54) is 18.2 Å². The lowest BCUT2D eigenvalue weighted by atomic mass is 10.2. The molecule has 2 aromatic rings. The van der Waals surface area contributed by atoms with Crippen LogP contribution in [0, 0.1) is 0 Å². The molecule has 1 heterocycles. The van der Waals surface area contributed by atoms with Gasteiger partial charge in [-0.05, 0) is 24.3 Å². The minimum Gasteiger partial charge on any atom is -0.399 e. The second kappa shape index (κ2) is 4.62. The molecular formula is C12H8ClF3N2O. The van der Waals surface area contributed by atoms with Crippen molar-refractivity contribution >= 4 is 17.3 Å². The smallest absolute Gasteiger partial charge is 0.399 e. The summed E-state index contributed by atoms with van der Waals surface area (Å²) >= 11 is 5.55. The number of nitrogen functional groups attached to an aromatic ring is 1. The van der Waals surface area contributed by atoms with Crippen molar-refractivity contribution in [3.05, 3.63) is 57.5 Å². The molecule has 0 fully saturated rings. The molecule has 7 heteroatoms. The summed E-state index contributed by atoms with van der Waals surface area (Å²) in [7, 11) is 0. The van der Waals surface area contributed by atoms with E-state index in [9.17, 15) is 18.0 Å². The highest BCUT2D eigenvalue weighted by Crippen LogP contribution is 2.30. The maximum absolute atomic E-state index is 12.7. The third-order valence-corrected chi connectivity index (χ3v) is 2.72. The molecule has 0 saturated carbocycles. The number of rotatable bonds is 1. The maximum atomic E-state index is 12.7. The maximum Gasteiger partial charge on any atom is 0.417 e. The van der Waals surface area contributed by atoms with Gasteiger partial charge in [-0.15, -0.1) is 0 Å². The number of nitrogens with zero attached hydrogens (tertiary/aromatic N) is 1. The topological polar surface area (TPSA) is 48.0 Å². The van der Waals surface area contributed by atoms with E-state index >= 15 is 0 Å². The molecule has 1 aromatic heterocycles. The number of pyridine rings is 1. The molecule has 0 radical (unpaired) electrons. The monoisotopic (exact) mass is 288 g/mol. The van der Waals surface area contributed by atoms with E-state index in [1.54, 1.807) is 6.07 Å². The molecule has 0 aliphatic rings. The second-order valence-corrected chi connectivity index (χ2v) is 4.25. The van der Waals surface area contributed by atoms with E-state index < -0.39 is 22.3 Å². The molecule has 0 spiro atoms. The van der Waals surface area contributed by atoms with Gasteiger partial charge in [0.1, 0.15) is 5.02 Å². The number of hydrogen-bond acceptors (Lipinski definition) is 2. The lowest BCUT2D eigenvalue weighted by Crippen LogP contribution is -2.21. The van der Waals surface area contributed by atoms with Crippen molar-refractivity contribution in [3.63, 3.8) is 0 Å². The van der Waals surface area contributed by atoms with E-state index in [4.69, 9.17) is 17.3 Å². The summed E-state index contributed by atoms with van der Waals surface area (Å²) in [5.41, 5.74) is 4.35. The van der Waals surface area contributed by atoms with Crippen molar-refractivity contribution in [1.29, 1.82) is 0 Å². The van der Waals surface area contributed by atoms with Crippen LogP contribution in [0.5, 0.6) is 0 Å². The number of halogens is 4. The van der Waals surface area contributed by atoms with E-state index in [0.717, 1.165) is 4.57 Å². The third kappa shape index (κ3) is 2.73. The molecule has 0 aliphatic heterocycles. The van der Waals surface area contributed by atoms with Crippen molar-refractivity contribution in [2.75, 3.05) is 5.73 Å². The zero-order valence-corrected chi connectivity index (χ0v) is 10.2. The minimum absolute atomic E-state index is 0.220. The molecule has 2 rings (SSSR count). The highest BCUT2D eigenvalue weighted by Gasteiger charge is 2.32. The second-order valence-electron chi connectivity index (χ2n) is 3.84. The number of hydrogen-bond donors (Lipinski definition) is 1. The van der Waals surface area contributed by atoms with Crippen LogP contribution in [0.25, 0.3) is 5.69 Å². The summed E-state index contributed by atoms with van der Waals surface area (Å²) in [6.45, 7) is 0. The predicted molar refractivity (Wildman–Crippen MR) is 66.5 cm³/mol. The first kappa shape index (κ1) is 13.5. The number of aromatic nitrogens is 1. The van der Waals surface area contributed by atoms with Gasteiger partial charge in [0.2, 0.25) is 0 Å². The molecule has 0 saturated heterocycles. The molecule has 0 atom stereocenters.